The zero-order valence-electron chi connectivity index (χ0n) is 20.0. The second-order valence-electron chi connectivity index (χ2n) is 9.57. The number of aryl methyl sites for hydroxylation is 1. The van der Waals surface area contributed by atoms with Gasteiger partial charge in [0.2, 0.25) is 5.43 Å². The number of halogens is 1. The second kappa shape index (κ2) is 10.3. The van der Waals surface area contributed by atoms with Crippen LogP contribution in [0.2, 0.25) is 0 Å². The molecule has 0 saturated carbocycles. The number of ether oxygens (including phenoxy) is 1. The number of aromatic carboxylic acids is 1. The van der Waals surface area contributed by atoms with Gasteiger partial charge in [-0.3, -0.25) is 9.59 Å². The van der Waals surface area contributed by atoms with Crippen molar-refractivity contribution in [3.8, 4) is 0 Å². The van der Waals surface area contributed by atoms with Gasteiger partial charge in [-0.15, -0.1) is 0 Å². The largest absolute Gasteiger partial charge is 0.477 e. The van der Waals surface area contributed by atoms with E-state index in [0.29, 0.717) is 62.9 Å². The fourth-order valence-corrected chi connectivity index (χ4v) is 5.20. The lowest BCUT2D eigenvalue weighted by molar-refractivity contribution is -0.151. The first-order valence-corrected chi connectivity index (χ1v) is 12.3. The first-order valence-electron chi connectivity index (χ1n) is 12.3. The van der Waals surface area contributed by atoms with Crippen LogP contribution < -0.4 is 21.8 Å². The van der Waals surface area contributed by atoms with Gasteiger partial charge in [0, 0.05) is 49.1 Å². The highest BCUT2D eigenvalue weighted by Gasteiger charge is 2.31. The van der Waals surface area contributed by atoms with Crippen LogP contribution in [0.4, 0.5) is 10.1 Å². The number of benzene rings is 1. The van der Waals surface area contributed by atoms with Crippen molar-refractivity contribution in [2.45, 2.75) is 70.1 Å². The molecule has 2 aliphatic heterocycles. The van der Waals surface area contributed by atoms with Gasteiger partial charge in [-0.1, -0.05) is 6.42 Å². The predicted molar refractivity (Wildman–Crippen MR) is 130 cm³/mol. The highest BCUT2D eigenvalue weighted by Crippen LogP contribution is 2.39. The average Bonchev–Trinajstić information content (AvgIpc) is 2.83. The number of carbonyl (C=O) groups excluding carboxylic acids is 1. The first kappa shape index (κ1) is 25.1. The van der Waals surface area contributed by atoms with Crippen molar-refractivity contribution in [1.82, 2.24) is 4.57 Å². The molecule has 0 aliphatic carbocycles. The van der Waals surface area contributed by atoms with Crippen molar-refractivity contribution in [1.29, 1.82) is 0 Å². The fraction of sp³-hybridized carbons (Fsp3) is 0.560. The van der Waals surface area contributed by atoms with Crippen LogP contribution in [0, 0.1) is 5.82 Å². The number of hydrogen-bond acceptors (Lipinski definition) is 7. The molecule has 0 unspecified atom stereocenters. The molecule has 190 valence electrons. The van der Waals surface area contributed by atoms with Gasteiger partial charge < -0.3 is 30.8 Å². The number of hydrogen-bond donors (Lipinski definition) is 3. The maximum Gasteiger partial charge on any atom is 0.341 e. The predicted octanol–water partition coefficient (Wildman–Crippen LogP) is 2.31. The summed E-state index contributed by atoms with van der Waals surface area (Å²) in [6, 6.07) is 0.488. The van der Waals surface area contributed by atoms with Crippen molar-refractivity contribution in [2.24, 2.45) is 11.5 Å². The first-order chi connectivity index (χ1) is 16.7. The molecule has 2 atom stereocenters. The van der Waals surface area contributed by atoms with Gasteiger partial charge in [-0.05, 0) is 45.2 Å². The van der Waals surface area contributed by atoms with E-state index in [-0.39, 0.29) is 23.1 Å². The van der Waals surface area contributed by atoms with Crippen molar-refractivity contribution in [2.75, 3.05) is 24.5 Å². The van der Waals surface area contributed by atoms with E-state index in [9.17, 15) is 19.5 Å². The molecule has 1 aromatic heterocycles. The Kier molecular flexibility index (Phi) is 7.42. The smallest absolute Gasteiger partial charge is 0.341 e. The number of piperidine rings is 1. The molecule has 9 nitrogen and oxygen atoms in total. The Morgan fingerprint density at radius 1 is 1.26 bits per heavy atom. The molecule has 3 heterocycles. The third-order valence-corrected chi connectivity index (χ3v) is 7.17. The van der Waals surface area contributed by atoms with Crippen LogP contribution >= 0.6 is 0 Å². The number of carboxylic acids is 1. The molecule has 2 aromatic rings. The third kappa shape index (κ3) is 4.90. The number of unbranched alkanes of at least 4 members (excludes halogenated alkanes) is 1. The van der Waals surface area contributed by atoms with Crippen molar-refractivity contribution in [3.05, 3.63) is 39.4 Å². The molecule has 4 rings (SSSR count). The minimum atomic E-state index is -1.32. The molecule has 1 saturated heterocycles. The highest BCUT2D eigenvalue weighted by atomic mass is 19.1. The number of nitrogens with zero attached hydrogens (tertiary/aromatic N) is 2. The molecular weight excluding hydrogens is 455 g/mol. The molecule has 1 aromatic carbocycles. The summed E-state index contributed by atoms with van der Waals surface area (Å²) in [5.41, 5.74) is 12.2. The van der Waals surface area contributed by atoms with Gasteiger partial charge in [0.05, 0.1) is 11.2 Å². The fourth-order valence-electron chi connectivity index (χ4n) is 5.20. The minimum Gasteiger partial charge on any atom is -0.477 e. The van der Waals surface area contributed by atoms with E-state index in [1.807, 2.05) is 11.8 Å². The van der Waals surface area contributed by atoms with E-state index < -0.39 is 29.2 Å². The zero-order chi connectivity index (χ0) is 25.3. The Bertz CT molecular complexity index is 1190. The number of pyridine rings is 1. The van der Waals surface area contributed by atoms with Gasteiger partial charge in [0.15, 0.2) is 0 Å². The molecule has 0 spiro atoms. The molecule has 35 heavy (non-hydrogen) atoms. The molecule has 10 heteroatoms. The summed E-state index contributed by atoms with van der Waals surface area (Å²) in [5.74, 6) is -2.27. The van der Waals surface area contributed by atoms with Gasteiger partial charge in [-0.25, -0.2) is 9.18 Å². The highest BCUT2D eigenvalue weighted by molar-refractivity contribution is 5.95. The Balaban J connectivity index is 1.56. The van der Waals surface area contributed by atoms with E-state index in [0.717, 1.165) is 18.4 Å². The van der Waals surface area contributed by atoms with Gasteiger partial charge >= 0.3 is 11.9 Å². The Morgan fingerprint density at radius 2 is 1.97 bits per heavy atom. The molecule has 5 N–H and O–H groups in total. The Morgan fingerprint density at radius 3 is 2.63 bits per heavy atom. The van der Waals surface area contributed by atoms with Crippen molar-refractivity contribution >= 4 is 28.5 Å². The number of aromatic nitrogens is 1. The Labute approximate surface area is 202 Å². The third-order valence-electron chi connectivity index (χ3n) is 7.17. The normalized spacial score (nSPS) is 19.1. The van der Waals surface area contributed by atoms with Crippen LogP contribution in [0.25, 0.3) is 10.9 Å². The van der Waals surface area contributed by atoms with E-state index in [1.165, 1.54) is 12.3 Å². The summed E-state index contributed by atoms with van der Waals surface area (Å²) in [5, 5.41) is 9.56. The summed E-state index contributed by atoms with van der Waals surface area (Å²) < 4.78 is 22.8. The summed E-state index contributed by atoms with van der Waals surface area (Å²) in [6.45, 7) is 3.50. The topological polar surface area (TPSA) is 141 Å². The maximum atomic E-state index is 15.4. The lowest BCUT2D eigenvalue weighted by atomic mass is 9.93. The van der Waals surface area contributed by atoms with Crippen molar-refractivity contribution in [3.63, 3.8) is 0 Å². The lowest BCUT2D eigenvalue weighted by Crippen LogP contribution is -2.42. The van der Waals surface area contributed by atoms with Crippen LogP contribution in [-0.4, -0.2) is 53.4 Å². The number of nitrogens with two attached hydrogens (primary N) is 2. The number of carboxylic acid groups (broad SMARTS) is 1. The molecule has 0 amide bonds. The zero-order valence-corrected chi connectivity index (χ0v) is 20.0. The standard InChI is InChI=1S/C25H33FN4O5/c1-14-5-6-16-21-17(23(31)18(24(32)33)13-30(14)21)12-19(26)22(16)29-10-7-15(8-11-29)35-25(34)20(28)4-2-3-9-27/h12-15,20H,2-11,27-28H2,1H3,(H,32,33)/t14-,20-/m0/s1. The van der Waals surface area contributed by atoms with Crippen LogP contribution in [0.5, 0.6) is 0 Å². The monoisotopic (exact) mass is 488 g/mol. The maximum absolute atomic E-state index is 15.4. The van der Waals surface area contributed by atoms with Crippen LogP contribution in [0.1, 0.15) is 67.4 Å². The van der Waals surface area contributed by atoms with E-state index in [2.05, 4.69) is 0 Å². The number of rotatable bonds is 8. The summed E-state index contributed by atoms with van der Waals surface area (Å²) >= 11 is 0. The molecule has 0 bridgehead atoms. The van der Waals surface area contributed by atoms with Gasteiger partial charge in [0.1, 0.15) is 23.5 Å². The van der Waals surface area contributed by atoms with E-state index >= 15 is 4.39 Å². The molecule has 1 fully saturated rings. The van der Waals surface area contributed by atoms with Crippen LogP contribution in [0.3, 0.4) is 0 Å². The SMILES string of the molecule is C[C@H]1CCc2c(N3CCC(OC(=O)[C@@H](N)CCCCN)CC3)c(F)cc3c(=O)c(C(=O)O)cn1c23. The minimum absolute atomic E-state index is 0.0128. The summed E-state index contributed by atoms with van der Waals surface area (Å²) in [4.78, 5) is 38.6. The quantitative estimate of drug-likeness (QED) is 0.380. The van der Waals surface area contributed by atoms with Crippen LogP contribution in [-0.2, 0) is 16.0 Å². The summed E-state index contributed by atoms with van der Waals surface area (Å²) in [7, 11) is 0. The lowest BCUT2D eigenvalue weighted by Gasteiger charge is -2.37. The number of carbonyl (C=O) groups is 2. The van der Waals surface area contributed by atoms with Gasteiger partial charge in [-0.2, -0.15) is 0 Å². The van der Waals surface area contributed by atoms with E-state index in [1.54, 1.807) is 4.57 Å². The van der Waals surface area contributed by atoms with Crippen LogP contribution in [0.15, 0.2) is 17.1 Å². The van der Waals surface area contributed by atoms with Gasteiger partial charge in [0.25, 0.3) is 0 Å². The summed E-state index contributed by atoms with van der Waals surface area (Å²) in [6.07, 6.45) is 5.58. The molecule has 0 radical (unpaired) electrons. The van der Waals surface area contributed by atoms with Crippen molar-refractivity contribution < 1.29 is 23.8 Å². The molecule has 2 aliphatic rings. The molecular formula is C25H33FN4O5. The average molecular weight is 489 g/mol. The Hall–Kier alpha value is -2.98. The number of esters is 1. The second-order valence-corrected chi connectivity index (χ2v) is 9.57. The number of anilines is 1. The van der Waals surface area contributed by atoms with E-state index in [4.69, 9.17) is 16.2 Å².